The van der Waals surface area contributed by atoms with Crippen molar-refractivity contribution in [2.75, 3.05) is 20.1 Å². The molecule has 0 heterocycles. The van der Waals surface area contributed by atoms with E-state index in [0.29, 0.717) is 0 Å². The molecule has 0 saturated carbocycles. The highest BCUT2D eigenvalue weighted by molar-refractivity contribution is 5.15. The molecular weight excluding hydrogens is 227 g/mol. The summed E-state index contributed by atoms with van der Waals surface area (Å²) in [5.74, 6) is -0.173. The Morgan fingerprint density at radius 3 is 2.39 bits per heavy atom. The molecule has 0 unspecified atom stereocenters. The van der Waals surface area contributed by atoms with Gasteiger partial charge in [0.2, 0.25) is 0 Å². The lowest BCUT2D eigenvalue weighted by Gasteiger charge is -2.26. The van der Waals surface area contributed by atoms with Crippen LogP contribution in [0.25, 0.3) is 0 Å². The maximum absolute atomic E-state index is 12.8. The fraction of sp³-hybridized carbons (Fsp3) is 0.600. The fourth-order valence-corrected chi connectivity index (χ4v) is 1.69. The molecule has 102 valence electrons. The second kappa shape index (κ2) is 6.86. The van der Waals surface area contributed by atoms with Gasteiger partial charge in [0.25, 0.3) is 0 Å². The molecule has 0 amide bonds. The molecule has 0 bridgehead atoms. The number of nitrogens with zero attached hydrogens (tertiary/aromatic N) is 1. The van der Waals surface area contributed by atoms with Gasteiger partial charge in [-0.1, -0.05) is 19.1 Å². The minimum atomic E-state index is -0.173. The molecule has 1 rings (SSSR count). The molecule has 0 atom stereocenters. The lowest BCUT2D eigenvalue weighted by Crippen LogP contribution is -2.42. The van der Waals surface area contributed by atoms with Gasteiger partial charge in [0, 0.05) is 25.2 Å². The van der Waals surface area contributed by atoms with Crippen LogP contribution in [0.1, 0.15) is 32.8 Å². The van der Waals surface area contributed by atoms with Gasteiger partial charge in [-0.05, 0) is 45.0 Å². The Morgan fingerprint density at radius 2 is 1.83 bits per heavy atom. The minimum Gasteiger partial charge on any atom is -0.311 e. The average molecular weight is 252 g/mol. The summed E-state index contributed by atoms with van der Waals surface area (Å²) >= 11 is 0. The van der Waals surface area contributed by atoms with Crippen LogP contribution < -0.4 is 5.32 Å². The third kappa shape index (κ3) is 5.61. The van der Waals surface area contributed by atoms with Gasteiger partial charge in [-0.25, -0.2) is 4.39 Å². The van der Waals surface area contributed by atoms with E-state index in [1.165, 1.54) is 12.1 Å². The second-order valence-electron chi connectivity index (χ2n) is 5.53. The Bertz CT molecular complexity index is 346. The van der Waals surface area contributed by atoms with E-state index in [0.717, 1.165) is 31.6 Å². The van der Waals surface area contributed by atoms with Crippen molar-refractivity contribution in [3.63, 3.8) is 0 Å². The third-order valence-corrected chi connectivity index (χ3v) is 3.35. The van der Waals surface area contributed by atoms with Crippen molar-refractivity contribution in [2.24, 2.45) is 0 Å². The quantitative estimate of drug-likeness (QED) is 0.802. The second-order valence-corrected chi connectivity index (χ2v) is 5.53. The SMILES string of the molecule is CCC(C)(C)NCCN(C)Cc1ccc(F)cc1. The molecule has 0 saturated heterocycles. The summed E-state index contributed by atoms with van der Waals surface area (Å²) in [5.41, 5.74) is 1.35. The molecule has 0 fully saturated rings. The minimum absolute atomic E-state index is 0.173. The zero-order chi connectivity index (χ0) is 13.6. The molecule has 18 heavy (non-hydrogen) atoms. The predicted molar refractivity (Wildman–Crippen MR) is 75.1 cm³/mol. The first-order chi connectivity index (χ1) is 8.43. The average Bonchev–Trinajstić information content (AvgIpc) is 2.32. The first kappa shape index (κ1) is 15.1. The number of rotatable bonds is 7. The summed E-state index contributed by atoms with van der Waals surface area (Å²) in [5, 5.41) is 3.53. The topological polar surface area (TPSA) is 15.3 Å². The largest absolute Gasteiger partial charge is 0.311 e. The van der Waals surface area contributed by atoms with Crippen molar-refractivity contribution in [3.8, 4) is 0 Å². The van der Waals surface area contributed by atoms with E-state index < -0.39 is 0 Å². The van der Waals surface area contributed by atoms with Gasteiger partial charge < -0.3 is 10.2 Å². The molecule has 1 aromatic carbocycles. The lowest BCUT2D eigenvalue weighted by atomic mass is 10.0. The number of hydrogen-bond acceptors (Lipinski definition) is 2. The van der Waals surface area contributed by atoms with Crippen LogP contribution in [0.15, 0.2) is 24.3 Å². The van der Waals surface area contributed by atoms with Crippen molar-refractivity contribution in [2.45, 2.75) is 39.3 Å². The molecule has 0 aromatic heterocycles. The zero-order valence-electron chi connectivity index (χ0n) is 12.0. The maximum Gasteiger partial charge on any atom is 0.123 e. The van der Waals surface area contributed by atoms with Crippen LogP contribution in [0, 0.1) is 5.82 Å². The van der Waals surface area contributed by atoms with Gasteiger partial charge in [-0.2, -0.15) is 0 Å². The molecule has 0 spiro atoms. The Balaban J connectivity index is 2.29. The molecule has 1 aromatic rings. The monoisotopic (exact) mass is 252 g/mol. The first-order valence-corrected chi connectivity index (χ1v) is 6.61. The number of nitrogens with one attached hydrogen (secondary N) is 1. The summed E-state index contributed by atoms with van der Waals surface area (Å²) in [7, 11) is 2.09. The Kier molecular flexibility index (Phi) is 5.76. The van der Waals surface area contributed by atoms with Crippen LogP contribution in [-0.4, -0.2) is 30.6 Å². The summed E-state index contributed by atoms with van der Waals surface area (Å²) in [6.07, 6.45) is 1.12. The highest BCUT2D eigenvalue weighted by Crippen LogP contribution is 2.07. The van der Waals surface area contributed by atoms with E-state index >= 15 is 0 Å². The van der Waals surface area contributed by atoms with Gasteiger partial charge in [0.05, 0.1) is 0 Å². The van der Waals surface area contributed by atoms with Crippen molar-refractivity contribution in [1.29, 1.82) is 0 Å². The molecule has 0 aliphatic rings. The molecule has 2 nitrogen and oxygen atoms in total. The number of likely N-dealkylation sites (N-methyl/N-ethyl adjacent to an activating group) is 1. The van der Waals surface area contributed by atoms with Gasteiger partial charge in [0.1, 0.15) is 5.82 Å². The van der Waals surface area contributed by atoms with E-state index in [1.54, 1.807) is 0 Å². The number of hydrogen-bond donors (Lipinski definition) is 1. The van der Waals surface area contributed by atoms with E-state index in [-0.39, 0.29) is 11.4 Å². The Morgan fingerprint density at radius 1 is 1.22 bits per heavy atom. The smallest absolute Gasteiger partial charge is 0.123 e. The number of halogens is 1. The first-order valence-electron chi connectivity index (χ1n) is 6.61. The molecule has 0 aliphatic carbocycles. The van der Waals surface area contributed by atoms with E-state index in [2.05, 4.69) is 38.0 Å². The van der Waals surface area contributed by atoms with Crippen molar-refractivity contribution in [3.05, 3.63) is 35.6 Å². The fourth-order valence-electron chi connectivity index (χ4n) is 1.69. The summed E-state index contributed by atoms with van der Waals surface area (Å²) in [6, 6.07) is 6.72. The summed E-state index contributed by atoms with van der Waals surface area (Å²) in [4.78, 5) is 2.24. The van der Waals surface area contributed by atoms with Crippen molar-refractivity contribution in [1.82, 2.24) is 10.2 Å². The van der Waals surface area contributed by atoms with Gasteiger partial charge in [-0.3, -0.25) is 0 Å². The van der Waals surface area contributed by atoms with Crippen LogP contribution in [-0.2, 0) is 6.54 Å². The highest BCUT2D eigenvalue weighted by atomic mass is 19.1. The van der Waals surface area contributed by atoms with E-state index in [1.807, 2.05) is 12.1 Å². The van der Waals surface area contributed by atoms with Crippen LogP contribution >= 0.6 is 0 Å². The normalized spacial score (nSPS) is 12.1. The molecule has 0 radical (unpaired) electrons. The van der Waals surface area contributed by atoms with Crippen LogP contribution in [0.2, 0.25) is 0 Å². The van der Waals surface area contributed by atoms with Crippen LogP contribution in [0.5, 0.6) is 0 Å². The highest BCUT2D eigenvalue weighted by Gasteiger charge is 2.13. The van der Waals surface area contributed by atoms with Crippen molar-refractivity contribution >= 4 is 0 Å². The van der Waals surface area contributed by atoms with Crippen molar-refractivity contribution < 1.29 is 4.39 Å². The molecule has 1 N–H and O–H groups in total. The van der Waals surface area contributed by atoms with Crippen LogP contribution in [0.3, 0.4) is 0 Å². The zero-order valence-corrected chi connectivity index (χ0v) is 12.0. The van der Waals surface area contributed by atoms with E-state index in [9.17, 15) is 4.39 Å². The molecule has 0 aliphatic heterocycles. The summed E-state index contributed by atoms with van der Waals surface area (Å²) in [6.45, 7) is 9.43. The van der Waals surface area contributed by atoms with E-state index in [4.69, 9.17) is 0 Å². The molecule has 3 heteroatoms. The standard InChI is InChI=1S/C15H25FN2/c1-5-15(2,3)17-10-11-18(4)12-13-6-8-14(16)9-7-13/h6-9,17H,5,10-12H2,1-4H3. The lowest BCUT2D eigenvalue weighted by molar-refractivity contribution is 0.293. The summed E-state index contributed by atoms with van der Waals surface area (Å²) < 4.78 is 12.8. The third-order valence-electron chi connectivity index (χ3n) is 3.35. The predicted octanol–water partition coefficient (Wildman–Crippen LogP) is 3.04. The number of benzene rings is 1. The van der Waals surface area contributed by atoms with Gasteiger partial charge >= 0.3 is 0 Å². The molecular formula is C15H25FN2. The maximum atomic E-state index is 12.8. The van der Waals surface area contributed by atoms with Gasteiger partial charge in [-0.15, -0.1) is 0 Å². The van der Waals surface area contributed by atoms with Gasteiger partial charge in [0.15, 0.2) is 0 Å². The van der Waals surface area contributed by atoms with Crippen LogP contribution in [0.4, 0.5) is 4.39 Å². The Hall–Kier alpha value is -0.930. The Labute approximate surface area is 110 Å².